The van der Waals surface area contributed by atoms with Crippen molar-refractivity contribution in [1.29, 1.82) is 0 Å². The van der Waals surface area contributed by atoms with E-state index in [1.807, 2.05) is 42.6 Å². The average Bonchev–Trinajstić information content (AvgIpc) is 3.12. The maximum Gasteiger partial charge on any atom is 0.229 e. The maximum atomic E-state index is 14.1. The SMILES string of the molecule is COc1cccc(Nc2nc(Nc3ccc4[nH]ccc4c3)ncc2F)c1. The molecule has 6 nitrogen and oxygen atoms in total. The van der Waals surface area contributed by atoms with Crippen molar-refractivity contribution in [2.45, 2.75) is 0 Å². The van der Waals surface area contributed by atoms with Gasteiger partial charge in [0.1, 0.15) is 5.75 Å². The molecule has 0 spiro atoms. The summed E-state index contributed by atoms with van der Waals surface area (Å²) in [7, 11) is 1.58. The van der Waals surface area contributed by atoms with Crippen LogP contribution in [0.3, 0.4) is 0 Å². The summed E-state index contributed by atoms with van der Waals surface area (Å²) < 4.78 is 19.3. The number of fused-ring (bicyclic) bond motifs is 1. The molecule has 130 valence electrons. The first-order chi connectivity index (χ1) is 12.7. The van der Waals surface area contributed by atoms with Gasteiger partial charge in [-0.3, -0.25) is 0 Å². The van der Waals surface area contributed by atoms with E-state index in [0.717, 1.165) is 22.8 Å². The van der Waals surface area contributed by atoms with Crippen molar-refractivity contribution in [1.82, 2.24) is 15.0 Å². The normalized spacial score (nSPS) is 10.7. The van der Waals surface area contributed by atoms with Gasteiger partial charge in [-0.2, -0.15) is 4.98 Å². The molecule has 4 rings (SSSR count). The molecule has 0 atom stereocenters. The fourth-order valence-electron chi connectivity index (χ4n) is 2.61. The Kier molecular flexibility index (Phi) is 4.10. The molecule has 0 saturated heterocycles. The van der Waals surface area contributed by atoms with Gasteiger partial charge in [-0.15, -0.1) is 0 Å². The Morgan fingerprint density at radius 3 is 2.81 bits per heavy atom. The molecule has 2 aromatic heterocycles. The molecule has 2 heterocycles. The lowest BCUT2D eigenvalue weighted by Crippen LogP contribution is -2.03. The molecule has 0 radical (unpaired) electrons. The Morgan fingerprint density at radius 2 is 1.92 bits per heavy atom. The van der Waals surface area contributed by atoms with Gasteiger partial charge in [0.25, 0.3) is 0 Å². The Bertz CT molecular complexity index is 1060. The molecule has 0 unspecified atom stereocenters. The van der Waals surface area contributed by atoms with Crippen molar-refractivity contribution in [3.05, 3.63) is 66.7 Å². The molecule has 0 saturated carbocycles. The number of rotatable bonds is 5. The summed E-state index contributed by atoms with van der Waals surface area (Å²) in [5, 5.41) is 7.10. The summed E-state index contributed by atoms with van der Waals surface area (Å²) in [6.07, 6.45) is 3.01. The van der Waals surface area contributed by atoms with Crippen LogP contribution in [0.15, 0.2) is 60.9 Å². The van der Waals surface area contributed by atoms with E-state index in [2.05, 4.69) is 25.6 Å². The largest absolute Gasteiger partial charge is 0.497 e. The Labute approximate surface area is 149 Å². The van der Waals surface area contributed by atoms with Gasteiger partial charge in [0, 0.05) is 34.5 Å². The van der Waals surface area contributed by atoms with Crippen molar-refractivity contribution >= 4 is 34.0 Å². The van der Waals surface area contributed by atoms with Crippen LogP contribution < -0.4 is 15.4 Å². The van der Waals surface area contributed by atoms with E-state index in [4.69, 9.17) is 4.74 Å². The molecule has 3 N–H and O–H groups in total. The van der Waals surface area contributed by atoms with Crippen LogP contribution in [0.1, 0.15) is 0 Å². The van der Waals surface area contributed by atoms with Crippen molar-refractivity contribution < 1.29 is 9.13 Å². The van der Waals surface area contributed by atoms with E-state index in [-0.39, 0.29) is 5.82 Å². The molecule has 0 aliphatic rings. The summed E-state index contributed by atoms with van der Waals surface area (Å²) in [6.45, 7) is 0. The monoisotopic (exact) mass is 349 g/mol. The summed E-state index contributed by atoms with van der Waals surface area (Å²) in [6, 6.07) is 15.0. The van der Waals surface area contributed by atoms with Crippen molar-refractivity contribution in [2.75, 3.05) is 17.7 Å². The van der Waals surface area contributed by atoms with Gasteiger partial charge in [-0.25, -0.2) is 9.37 Å². The number of ether oxygens (including phenoxy) is 1. The molecule has 26 heavy (non-hydrogen) atoms. The maximum absolute atomic E-state index is 14.1. The molecular weight excluding hydrogens is 333 g/mol. The molecule has 2 aromatic carbocycles. The molecule has 0 amide bonds. The highest BCUT2D eigenvalue weighted by Crippen LogP contribution is 2.24. The molecule has 4 aromatic rings. The highest BCUT2D eigenvalue weighted by Gasteiger charge is 2.09. The minimum absolute atomic E-state index is 0.0819. The standard InChI is InChI=1S/C19H16FN5O/c1-26-15-4-2-3-13(10-15)23-18-16(20)11-22-19(25-18)24-14-5-6-17-12(9-14)7-8-21-17/h2-11,21H,1H3,(H2,22,23,24,25). The summed E-state index contributed by atoms with van der Waals surface area (Å²) >= 11 is 0. The lowest BCUT2D eigenvalue weighted by Gasteiger charge is -2.10. The van der Waals surface area contributed by atoms with Crippen LogP contribution in [0.2, 0.25) is 0 Å². The molecular formula is C19H16FN5O. The number of hydrogen-bond acceptors (Lipinski definition) is 5. The van der Waals surface area contributed by atoms with Gasteiger partial charge < -0.3 is 20.4 Å². The average molecular weight is 349 g/mol. The highest BCUT2D eigenvalue weighted by molar-refractivity contribution is 5.83. The molecule has 7 heteroatoms. The fourth-order valence-corrected chi connectivity index (χ4v) is 2.61. The van der Waals surface area contributed by atoms with Gasteiger partial charge >= 0.3 is 0 Å². The number of aromatic amines is 1. The van der Waals surface area contributed by atoms with Crippen LogP contribution in [-0.4, -0.2) is 22.1 Å². The van der Waals surface area contributed by atoms with Gasteiger partial charge in [0.2, 0.25) is 5.95 Å². The Hall–Kier alpha value is -3.61. The molecule has 0 bridgehead atoms. The number of benzene rings is 2. The molecule has 0 fully saturated rings. The van der Waals surface area contributed by atoms with Crippen molar-refractivity contribution in [2.24, 2.45) is 0 Å². The van der Waals surface area contributed by atoms with Gasteiger partial charge in [-0.1, -0.05) is 6.07 Å². The first-order valence-corrected chi connectivity index (χ1v) is 7.99. The van der Waals surface area contributed by atoms with Gasteiger partial charge in [-0.05, 0) is 36.4 Å². The van der Waals surface area contributed by atoms with Crippen LogP contribution in [0.25, 0.3) is 10.9 Å². The minimum Gasteiger partial charge on any atom is -0.497 e. The number of aromatic nitrogens is 3. The third kappa shape index (κ3) is 3.27. The van der Waals surface area contributed by atoms with Crippen LogP contribution in [-0.2, 0) is 0 Å². The van der Waals surface area contributed by atoms with Crippen LogP contribution in [0, 0.1) is 5.82 Å². The predicted molar refractivity (Wildman–Crippen MR) is 99.8 cm³/mol. The zero-order chi connectivity index (χ0) is 17.9. The number of nitrogens with one attached hydrogen (secondary N) is 3. The van der Waals surface area contributed by atoms with Gasteiger partial charge in [0.05, 0.1) is 13.3 Å². The zero-order valence-corrected chi connectivity index (χ0v) is 14.0. The summed E-state index contributed by atoms with van der Waals surface area (Å²) in [4.78, 5) is 11.4. The number of halogens is 1. The Balaban J connectivity index is 1.58. The fraction of sp³-hybridized carbons (Fsp3) is 0.0526. The van der Waals surface area contributed by atoms with Crippen LogP contribution >= 0.6 is 0 Å². The second-order valence-electron chi connectivity index (χ2n) is 5.65. The molecule has 0 aliphatic heterocycles. The van der Waals surface area contributed by atoms with E-state index in [9.17, 15) is 4.39 Å². The summed E-state index contributed by atoms with van der Waals surface area (Å²) in [5.41, 5.74) is 2.52. The number of methoxy groups -OCH3 is 1. The van der Waals surface area contributed by atoms with Crippen LogP contribution in [0.4, 0.5) is 27.5 Å². The third-order valence-electron chi connectivity index (χ3n) is 3.89. The van der Waals surface area contributed by atoms with E-state index >= 15 is 0 Å². The van der Waals surface area contributed by atoms with E-state index in [1.54, 1.807) is 19.2 Å². The number of hydrogen-bond donors (Lipinski definition) is 3. The van der Waals surface area contributed by atoms with E-state index in [0.29, 0.717) is 17.4 Å². The number of nitrogens with zero attached hydrogens (tertiary/aromatic N) is 2. The predicted octanol–water partition coefficient (Wildman–Crippen LogP) is 4.59. The quantitative estimate of drug-likeness (QED) is 0.491. The van der Waals surface area contributed by atoms with Crippen molar-refractivity contribution in [3.8, 4) is 5.75 Å². The van der Waals surface area contributed by atoms with Crippen molar-refractivity contribution in [3.63, 3.8) is 0 Å². The van der Waals surface area contributed by atoms with Crippen LogP contribution in [0.5, 0.6) is 5.75 Å². The number of H-pyrrole nitrogens is 1. The second-order valence-corrected chi connectivity index (χ2v) is 5.65. The van der Waals surface area contributed by atoms with E-state index < -0.39 is 5.82 Å². The van der Waals surface area contributed by atoms with Gasteiger partial charge in [0.15, 0.2) is 11.6 Å². The number of anilines is 4. The highest BCUT2D eigenvalue weighted by atomic mass is 19.1. The third-order valence-corrected chi connectivity index (χ3v) is 3.89. The summed E-state index contributed by atoms with van der Waals surface area (Å²) in [5.74, 6) is 0.507. The second kappa shape index (κ2) is 6.72. The molecule has 0 aliphatic carbocycles. The minimum atomic E-state index is -0.542. The smallest absolute Gasteiger partial charge is 0.229 e. The Morgan fingerprint density at radius 1 is 1.04 bits per heavy atom. The lowest BCUT2D eigenvalue weighted by atomic mass is 10.2. The topological polar surface area (TPSA) is 74.9 Å². The van der Waals surface area contributed by atoms with E-state index in [1.165, 1.54) is 0 Å². The first kappa shape index (κ1) is 15.9. The lowest BCUT2D eigenvalue weighted by molar-refractivity contribution is 0.415. The zero-order valence-electron chi connectivity index (χ0n) is 14.0. The first-order valence-electron chi connectivity index (χ1n) is 7.99.